The smallest absolute Gasteiger partial charge is 0.222 e. The zero-order chi connectivity index (χ0) is 26.1. The summed E-state index contributed by atoms with van der Waals surface area (Å²) in [5.74, 6) is 0.551. The number of aromatic nitrogens is 1. The number of anilines is 3. The number of aldehydes is 1. The number of hydrogen-bond acceptors (Lipinski definition) is 5. The number of amides is 1. The fourth-order valence-corrected chi connectivity index (χ4v) is 3.52. The Kier molecular flexibility index (Phi) is 15.7. The lowest BCUT2D eigenvalue weighted by Crippen LogP contribution is -2.31. The molecule has 6 heteroatoms. The molecular weight excluding hydrogens is 424 g/mol. The van der Waals surface area contributed by atoms with Crippen molar-refractivity contribution in [2.75, 3.05) is 29.1 Å². The van der Waals surface area contributed by atoms with E-state index in [4.69, 9.17) is 0 Å². The van der Waals surface area contributed by atoms with Crippen LogP contribution in [0.15, 0.2) is 36.9 Å². The molecule has 0 bridgehead atoms. The number of nitrogens with zero attached hydrogens (tertiary/aromatic N) is 2. The Hall–Kier alpha value is -3.15. The molecule has 0 spiro atoms. The topological polar surface area (TPSA) is 74.3 Å². The van der Waals surface area contributed by atoms with Crippen molar-refractivity contribution >= 4 is 29.4 Å². The minimum Gasteiger partial charge on any atom is -0.388 e. The fraction of sp³-hybridized carbons (Fsp3) is 0.464. The summed E-state index contributed by atoms with van der Waals surface area (Å²) >= 11 is 0. The molecule has 0 aliphatic carbocycles. The van der Waals surface area contributed by atoms with E-state index in [0.717, 1.165) is 37.9 Å². The first-order valence-electron chi connectivity index (χ1n) is 12.1. The second-order valence-corrected chi connectivity index (χ2v) is 7.72. The van der Waals surface area contributed by atoms with Gasteiger partial charge >= 0.3 is 0 Å². The van der Waals surface area contributed by atoms with Crippen LogP contribution in [0.1, 0.15) is 69.8 Å². The van der Waals surface area contributed by atoms with Crippen molar-refractivity contribution in [2.24, 2.45) is 0 Å². The zero-order valence-electron chi connectivity index (χ0n) is 22.4. The van der Waals surface area contributed by atoms with Gasteiger partial charge in [-0.1, -0.05) is 32.9 Å². The van der Waals surface area contributed by atoms with Crippen LogP contribution < -0.4 is 15.5 Å². The van der Waals surface area contributed by atoms with E-state index in [0.29, 0.717) is 12.2 Å². The van der Waals surface area contributed by atoms with Gasteiger partial charge in [-0.15, -0.1) is 6.58 Å². The number of fused-ring (bicyclic) bond motifs is 1. The summed E-state index contributed by atoms with van der Waals surface area (Å²) in [4.78, 5) is 27.5. The molecule has 1 aliphatic rings. The number of rotatable bonds is 5. The number of hydrogen-bond donors (Lipinski definition) is 2. The van der Waals surface area contributed by atoms with Crippen molar-refractivity contribution in [1.82, 2.24) is 4.98 Å². The van der Waals surface area contributed by atoms with E-state index in [1.165, 1.54) is 35.0 Å². The third-order valence-corrected chi connectivity index (χ3v) is 4.89. The molecular formula is C28H44N4O2. The van der Waals surface area contributed by atoms with Gasteiger partial charge in [-0.05, 0) is 62.1 Å². The minimum atomic E-state index is -0.0875. The van der Waals surface area contributed by atoms with E-state index in [9.17, 15) is 9.59 Å². The molecule has 0 atom stereocenters. The summed E-state index contributed by atoms with van der Waals surface area (Å²) in [7, 11) is 1.96. The summed E-state index contributed by atoms with van der Waals surface area (Å²) in [6, 6.07) is 8.43. The van der Waals surface area contributed by atoms with E-state index in [2.05, 4.69) is 59.1 Å². The molecule has 3 rings (SSSR count). The Balaban J connectivity index is 0.000000935. The summed E-state index contributed by atoms with van der Waals surface area (Å²) in [5, 5.41) is 6.02. The van der Waals surface area contributed by atoms with Crippen molar-refractivity contribution in [3.63, 3.8) is 0 Å². The number of aryl methyl sites for hydroxylation is 2. The van der Waals surface area contributed by atoms with Gasteiger partial charge in [0.25, 0.3) is 0 Å². The highest BCUT2D eigenvalue weighted by molar-refractivity contribution is 5.87. The van der Waals surface area contributed by atoms with E-state index >= 15 is 0 Å². The summed E-state index contributed by atoms with van der Waals surface area (Å²) in [6.45, 7) is 18.8. The quantitative estimate of drug-likeness (QED) is 0.389. The molecule has 0 unspecified atom stereocenters. The zero-order valence-corrected chi connectivity index (χ0v) is 22.4. The van der Waals surface area contributed by atoms with Gasteiger partial charge in [-0.3, -0.25) is 4.79 Å². The predicted octanol–water partition coefficient (Wildman–Crippen LogP) is 6.47. The Labute approximate surface area is 206 Å². The molecule has 1 aliphatic heterocycles. The van der Waals surface area contributed by atoms with Crippen LogP contribution in [-0.4, -0.2) is 30.8 Å². The Morgan fingerprint density at radius 1 is 1.21 bits per heavy atom. The highest BCUT2D eigenvalue weighted by Crippen LogP contribution is 2.30. The summed E-state index contributed by atoms with van der Waals surface area (Å²) in [5.41, 5.74) is 7.29. The van der Waals surface area contributed by atoms with Crippen molar-refractivity contribution in [3.05, 3.63) is 59.3 Å². The molecule has 34 heavy (non-hydrogen) atoms. The lowest BCUT2D eigenvalue weighted by Gasteiger charge is -2.31. The largest absolute Gasteiger partial charge is 0.388 e. The van der Waals surface area contributed by atoms with Crippen LogP contribution in [-0.2, 0) is 22.6 Å². The number of pyridine rings is 1. The standard InChI is InChI=1S/C19H24N4O.C4H8O.C3H6.C2H6/c1-12-9-16(10-13(2)19(12)20-4)23-8-7-17-15(11-23)5-6-18(22-17)21-14(3)24;1-2-3-4-5;1-3-2;1-2/h5-6,9-10,20H,7-8,11H2,1-4H3,(H,21,22,24);4H,2-3H2,1H3;3H,1H2,2H3;1-2H3. The second-order valence-electron chi connectivity index (χ2n) is 7.72. The van der Waals surface area contributed by atoms with Gasteiger partial charge in [0.1, 0.15) is 12.1 Å². The molecule has 2 heterocycles. The first kappa shape index (κ1) is 30.9. The van der Waals surface area contributed by atoms with Crippen LogP contribution >= 0.6 is 0 Å². The van der Waals surface area contributed by atoms with Gasteiger partial charge in [0.15, 0.2) is 0 Å². The number of unbranched alkanes of at least 4 members (excludes halogenated alkanes) is 1. The average molecular weight is 469 g/mol. The molecule has 2 N–H and O–H groups in total. The Bertz CT molecular complexity index is 886. The monoisotopic (exact) mass is 468 g/mol. The third-order valence-electron chi connectivity index (χ3n) is 4.89. The molecule has 2 aromatic rings. The molecule has 0 saturated heterocycles. The number of benzene rings is 1. The van der Waals surface area contributed by atoms with Gasteiger partial charge in [-0.25, -0.2) is 4.98 Å². The maximum atomic E-state index is 11.2. The van der Waals surface area contributed by atoms with Crippen LogP contribution in [0.4, 0.5) is 17.2 Å². The SMILES string of the molecule is C=CC.CC.CCCC=O.CNc1c(C)cc(N2CCc3nc(NC(C)=O)ccc3C2)cc1C. The molecule has 1 aromatic carbocycles. The van der Waals surface area contributed by atoms with Gasteiger partial charge in [0.2, 0.25) is 5.91 Å². The van der Waals surface area contributed by atoms with Crippen LogP contribution in [0.25, 0.3) is 0 Å². The van der Waals surface area contributed by atoms with Crippen molar-refractivity contribution in [3.8, 4) is 0 Å². The predicted molar refractivity (Wildman–Crippen MR) is 147 cm³/mol. The highest BCUT2D eigenvalue weighted by atomic mass is 16.1. The molecule has 1 aromatic heterocycles. The van der Waals surface area contributed by atoms with Crippen LogP contribution in [0.3, 0.4) is 0 Å². The molecule has 188 valence electrons. The third kappa shape index (κ3) is 10.2. The first-order valence-corrected chi connectivity index (χ1v) is 12.1. The number of carbonyl (C=O) groups excluding carboxylic acids is 2. The maximum absolute atomic E-state index is 11.2. The summed E-state index contributed by atoms with van der Waals surface area (Å²) < 4.78 is 0. The number of allylic oxidation sites excluding steroid dienone is 1. The lowest BCUT2D eigenvalue weighted by atomic mass is 10.0. The Morgan fingerprint density at radius 2 is 1.79 bits per heavy atom. The fourth-order valence-electron chi connectivity index (χ4n) is 3.52. The maximum Gasteiger partial charge on any atom is 0.222 e. The molecule has 0 radical (unpaired) electrons. The van der Waals surface area contributed by atoms with Crippen molar-refractivity contribution in [1.29, 1.82) is 0 Å². The Morgan fingerprint density at radius 3 is 2.24 bits per heavy atom. The molecule has 0 fully saturated rings. The lowest BCUT2D eigenvalue weighted by molar-refractivity contribution is -0.114. The normalized spacial score (nSPS) is 11.1. The minimum absolute atomic E-state index is 0.0875. The van der Waals surface area contributed by atoms with Crippen LogP contribution in [0.5, 0.6) is 0 Å². The van der Waals surface area contributed by atoms with E-state index in [1.807, 2.05) is 40.8 Å². The van der Waals surface area contributed by atoms with Crippen molar-refractivity contribution < 1.29 is 9.59 Å². The number of nitrogens with one attached hydrogen (secondary N) is 2. The highest BCUT2D eigenvalue weighted by Gasteiger charge is 2.19. The number of carbonyl (C=O) groups is 2. The molecule has 6 nitrogen and oxygen atoms in total. The average Bonchev–Trinajstić information content (AvgIpc) is 2.81. The van der Waals surface area contributed by atoms with Crippen molar-refractivity contribution in [2.45, 2.75) is 74.3 Å². The van der Waals surface area contributed by atoms with Gasteiger partial charge < -0.3 is 20.3 Å². The molecule has 0 saturated carbocycles. The summed E-state index contributed by atoms with van der Waals surface area (Å²) in [6.07, 6.45) is 5.25. The van der Waals surface area contributed by atoms with Gasteiger partial charge in [0.05, 0.1) is 0 Å². The van der Waals surface area contributed by atoms with Crippen LogP contribution in [0.2, 0.25) is 0 Å². The van der Waals surface area contributed by atoms with Gasteiger partial charge in [0, 0.05) is 57.0 Å². The van der Waals surface area contributed by atoms with Crippen LogP contribution in [0, 0.1) is 13.8 Å². The molecule has 1 amide bonds. The van der Waals surface area contributed by atoms with Gasteiger partial charge in [-0.2, -0.15) is 0 Å². The second kappa shape index (κ2) is 17.3. The first-order chi connectivity index (χ1) is 16.3. The van der Waals surface area contributed by atoms with E-state index < -0.39 is 0 Å². The van der Waals surface area contributed by atoms with E-state index in [1.54, 1.807) is 6.08 Å². The van der Waals surface area contributed by atoms with E-state index in [-0.39, 0.29) is 5.91 Å².